The molecule has 0 saturated heterocycles. The molecule has 1 N–H and O–H groups in total. The van der Waals surface area contributed by atoms with Gasteiger partial charge in [-0.2, -0.15) is 5.10 Å². The van der Waals surface area contributed by atoms with Crippen LogP contribution in [0.3, 0.4) is 0 Å². The molecule has 10 heteroatoms. The number of nitro groups is 1. The lowest BCUT2D eigenvalue weighted by Crippen LogP contribution is -2.31. The monoisotopic (exact) mass is 352 g/mol. The number of aromatic nitrogens is 2. The molecular formula is C14H16N4O5S. The first-order valence-electron chi connectivity index (χ1n) is 6.99. The van der Waals surface area contributed by atoms with Crippen molar-refractivity contribution in [3.8, 4) is 0 Å². The summed E-state index contributed by atoms with van der Waals surface area (Å²) in [6.07, 6.45) is 3.76. The van der Waals surface area contributed by atoms with E-state index >= 15 is 0 Å². The average Bonchev–Trinajstić information content (AvgIpc) is 2.90. The second-order valence-electron chi connectivity index (χ2n) is 5.23. The van der Waals surface area contributed by atoms with Crippen LogP contribution in [-0.2, 0) is 34.0 Å². The molecule has 0 saturated carbocycles. The molecule has 0 fully saturated rings. The van der Waals surface area contributed by atoms with Crippen molar-refractivity contribution in [1.82, 2.24) is 14.5 Å². The van der Waals surface area contributed by atoms with E-state index in [1.54, 1.807) is 24.1 Å². The molecule has 2 aromatic rings. The van der Waals surface area contributed by atoms with Crippen LogP contribution in [0.1, 0.15) is 17.5 Å². The van der Waals surface area contributed by atoms with E-state index in [9.17, 15) is 23.3 Å². The predicted octanol–water partition coefficient (Wildman–Crippen LogP) is 0.907. The number of nitrogens with one attached hydrogen (secondary N) is 1. The summed E-state index contributed by atoms with van der Waals surface area (Å²) in [5.41, 5.74) is 1.06. The van der Waals surface area contributed by atoms with Gasteiger partial charge in [0.1, 0.15) is 0 Å². The lowest BCUT2D eigenvalue weighted by Gasteiger charge is -2.06. The highest BCUT2D eigenvalue weighted by molar-refractivity contribution is 7.89. The van der Waals surface area contributed by atoms with Crippen LogP contribution < -0.4 is 4.72 Å². The van der Waals surface area contributed by atoms with Gasteiger partial charge in [-0.1, -0.05) is 12.1 Å². The number of non-ortho nitro benzene ring substituents is 1. The third-order valence-corrected chi connectivity index (χ3v) is 4.42. The van der Waals surface area contributed by atoms with Gasteiger partial charge >= 0.3 is 0 Å². The number of hydrogen-bond acceptors (Lipinski definition) is 6. The van der Waals surface area contributed by atoms with Crippen LogP contribution >= 0.6 is 0 Å². The maximum atomic E-state index is 12.0. The molecular weight excluding hydrogens is 336 g/mol. The van der Waals surface area contributed by atoms with E-state index in [-0.39, 0.29) is 12.1 Å². The minimum absolute atomic E-state index is 0.0190. The topological polar surface area (TPSA) is 124 Å². The minimum Gasteiger partial charge on any atom is -0.276 e. The molecule has 24 heavy (non-hydrogen) atoms. The molecule has 0 unspecified atom stereocenters. The van der Waals surface area contributed by atoms with Gasteiger partial charge in [-0.05, 0) is 17.5 Å². The summed E-state index contributed by atoms with van der Waals surface area (Å²) >= 11 is 0. The van der Waals surface area contributed by atoms with Crippen molar-refractivity contribution < 1.29 is 18.1 Å². The van der Waals surface area contributed by atoms with Crippen LogP contribution in [0.5, 0.6) is 0 Å². The maximum absolute atomic E-state index is 12.0. The van der Waals surface area contributed by atoms with Gasteiger partial charge in [-0.3, -0.25) is 24.3 Å². The van der Waals surface area contributed by atoms with E-state index in [0.29, 0.717) is 12.0 Å². The Morgan fingerprint density at radius 3 is 2.50 bits per heavy atom. The zero-order valence-corrected chi connectivity index (χ0v) is 13.7. The first-order valence-corrected chi connectivity index (χ1v) is 8.64. The number of nitro benzene ring substituents is 1. The van der Waals surface area contributed by atoms with Crippen molar-refractivity contribution in [2.75, 3.05) is 0 Å². The summed E-state index contributed by atoms with van der Waals surface area (Å²) in [7, 11) is -2.11. The fourth-order valence-corrected chi connectivity index (χ4v) is 3.21. The van der Waals surface area contributed by atoms with Gasteiger partial charge < -0.3 is 0 Å². The summed E-state index contributed by atoms with van der Waals surface area (Å²) in [5.74, 6) is -1.04. The molecule has 1 amide bonds. The summed E-state index contributed by atoms with van der Waals surface area (Å²) in [5, 5.41) is 14.5. The Morgan fingerprint density at radius 1 is 1.29 bits per heavy atom. The first-order chi connectivity index (χ1) is 11.2. The number of hydrogen-bond donors (Lipinski definition) is 1. The number of amides is 1. The number of carbonyl (C=O) groups excluding carboxylic acids is 1. The lowest BCUT2D eigenvalue weighted by atomic mass is 10.2. The van der Waals surface area contributed by atoms with Gasteiger partial charge in [0.15, 0.2) is 0 Å². The van der Waals surface area contributed by atoms with E-state index in [1.807, 2.05) is 4.72 Å². The normalized spacial score (nSPS) is 11.2. The van der Waals surface area contributed by atoms with E-state index in [1.165, 1.54) is 24.3 Å². The molecule has 9 nitrogen and oxygen atoms in total. The zero-order chi connectivity index (χ0) is 17.7. The molecule has 0 aliphatic heterocycles. The summed E-state index contributed by atoms with van der Waals surface area (Å²) in [4.78, 5) is 21.8. The quantitative estimate of drug-likeness (QED) is 0.583. The highest BCUT2D eigenvalue weighted by Gasteiger charge is 2.16. The highest BCUT2D eigenvalue weighted by Crippen LogP contribution is 2.13. The predicted molar refractivity (Wildman–Crippen MR) is 85.4 cm³/mol. The van der Waals surface area contributed by atoms with Gasteiger partial charge in [0.25, 0.3) is 5.69 Å². The molecule has 0 atom stereocenters. The first kappa shape index (κ1) is 17.6. The Bertz CT molecular complexity index is 842. The van der Waals surface area contributed by atoms with E-state index in [0.717, 1.165) is 5.56 Å². The van der Waals surface area contributed by atoms with Crippen LogP contribution in [0.2, 0.25) is 0 Å². The van der Waals surface area contributed by atoms with Crippen LogP contribution in [0.25, 0.3) is 0 Å². The molecule has 0 aliphatic rings. The Hall–Kier alpha value is -2.75. The molecule has 1 heterocycles. The van der Waals surface area contributed by atoms with Crippen LogP contribution in [0, 0.1) is 10.1 Å². The minimum atomic E-state index is -3.86. The third kappa shape index (κ3) is 5.16. The molecule has 128 valence electrons. The van der Waals surface area contributed by atoms with Crippen LogP contribution in [0.4, 0.5) is 5.69 Å². The standard InChI is InChI=1S/C14H16N4O5S/c1-17-9-12(8-15-17)4-7-14(19)16-24(22,23)10-11-2-5-13(6-3-11)18(20)21/h2-3,5-6,8-9H,4,7,10H2,1H3,(H,16,19). The van der Waals surface area contributed by atoms with Gasteiger partial charge in [0.2, 0.25) is 15.9 Å². The number of benzene rings is 1. The largest absolute Gasteiger partial charge is 0.276 e. The Morgan fingerprint density at radius 2 is 1.96 bits per heavy atom. The number of sulfonamides is 1. The van der Waals surface area contributed by atoms with Crippen molar-refractivity contribution in [2.45, 2.75) is 18.6 Å². The van der Waals surface area contributed by atoms with Crippen molar-refractivity contribution in [3.05, 3.63) is 57.9 Å². The Balaban J connectivity index is 1.90. The van der Waals surface area contributed by atoms with Gasteiger partial charge in [-0.15, -0.1) is 0 Å². The average molecular weight is 352 g/mol. The Kier molecular flexibility index (Phi) is 5.29. The van der Waals surface area contributed by atoms with E-state index in [2.05, 4.69) is 5.10 Å². The molecule has 1 aromatic carbocycles. The van der Waals surface area contributed by atoms with Gasteiger partial charge in [0, 0.05) is 31.8 Å². The maximum Gasteiger partial charge on any atom is 0.269 e. The Labute approximate surface area is 138 Å². The van der Waals surface area contributed by atoms with Crippen molar-refractivity contribution in [1.29, 1.82) is 0 Å². The fraction of sp³-hybridized carbons (Fsp3) is 0.286. The second kappa shape index (κ2) is 7.21. The molecule has 1 aromatic heterocycles. The lowest BCUT2D eigenvalue weighted by molar-refractivity contribution is -0.384. The molecule has 2 rings (SSSR count). The van der Waals surface area contributed by atoms with Crippen molar-refractivity contribution in [3.63, 3.8) is 0 Å². The molecule has 0 bridgehead atoms. The summed E-state index contributed by atoms with van der Waals surface area (Å²) in [6.45, 7) is 0. The molecule has 0 aliphatic carbocycles. The van der Waals surface area contributed by atoms with Crippen LogP contribution in [-0.4, -0.2) is 29.0 Å². The highest BCUT2D eigenvalue weighted by atomic mass is 32.2. The van der Waals surface area contributed by atoms with Gasteiger partial charge in [0.05, 0.1) is 16.9 Å². The second-order valence-corrected chi connectivity index (χ2v) is 6.95. The number of nitrogens with zero attached hydrogens (tertiary/aromatic N) is 3. The van der Waals surface area contributed by atoms with E-state index < -0.39 is 26.6 Å². The number of aryl methyl sites for hydroxylation is 2. The fourth-order valence-electron chi connectivity index (χ4n) is 2.05. The van der Waals surface area contributed by atoms with Gasteiger partial charge in [-0.25, -0.2) is 8.42 Å². The summed E-state index contributed by atoms with van der Waals surface area (Å²) < 4.78 is 27.5. The van der Waals surface area contributed by atoms with E-state index in [4.69, 9.17) is 0 Å². The third-order valence-electron chi connectivity index (χ3n) is 3.17. The zero-order valence-electron chi connectivity index (χ0n) is 12.9. The van der Waals surface area contributed by atoms with Crippen LogP contribution in [0.15, 0.2) is 36.7 Å². The molecule has 0 spiro atoms. The number of carbonyl (C=O) groups is 1. The SMILES string of the molecule is Cn1cc(CCC(=O)NS(=O)(=O)Cc2ccc([N+](=O)[O-])cc2)cn1. The summed E-state index contributed by atoms with van der Waals surface area (Å²) in [6, 6.07) is 5.12. The van der Waals surface area contributed by atoms with Crippen molar-refractivity contribution in [2.24, 2.45) is 7.05 Å². The molecule has 0 radical (unpaired) electrons. The van der Waals surface area contributed by atoms with Crippen molar-refractivity contribution >= 4 is 21.6 Å². The number of rotatable bonds is 7. The smallest absolute Gasteiger partial charge is 0.269 e.